The molecule has 0 radical (unpaired) electrons. The number of aromatic nitrogens is 1. The molecular formula is C12H7ClN2O2. The van der Waals surface area contributed by atoms with Gasteiger partial charge in [-0.1, -0.05) is 17.7 Å². The number of nitrogens with zero attached hydrogens (tertiary/aromatic N) is 2. The number of nitriles is 1. The number of ether oxygens (including phenoxy) is 1. The number of rotatable bonds is 1. The second-order valence-corrected chi connectivity index (χ2v) is 3.72. The van der Waals surface area contributed by atoms with Gasteiger partial charge in [-0.15, -0.1) is 0 Å². The molecule has 0 N–H and O–H groups in total. The third-order valence-electron chi connectivity index (χ3n) is 2.31. The van der Waals surface area contributed by atoms with E-state index in [9.17, 15) is 4.79 Å². The molecule has 17 heavy (non-hydrogen) atoms. The molecule has 2 aromatic rings. The third kappa shape index (κ3) is 2.05. The number of benzene rings is 1. The van der Waals surface area contributed by atoms with Gasteiger partial charge in [-0.05, 0) is 23.6 Å². The lowest BCUT2D eigenvalue weighted by atomic mass is 10.1. The number of hydrogen-bond acceptors (Lipinski definition) is 4. The fourth-order valence-electron chi connectivity index (χ4n) is 1.54. The van der Waals surface area contributed by atoms with Crippen LogP contribution >= 0.6 is 11.6 Å². The summed E-state index contributed by atoms with van der Waals surface area (Å²) >= 11 is 5.81. The molecule has 0 unspecified atom stereocenters. The zero-order valence-electron chi connectivity index (χ0n) is 8.90. The number of esters is 1. The number of fused-ring (bicyclic) bond motifs is 1. The number of carbonyl (C=O) groups is 1. The Bertz CT molecular complexity index is 647. The number of hydrogen-bond donors (Lipinski definition) is 0. The van der Waals surface area contributed by atoms with Crippen molar-refractivity contribution in [2.24, 2.45) is 0 Å². The smallest absolute Gasteiger partial charge is 0.357 e. The third-order valence-corrected chi connectivity index (χ3v) is 2.50. The maximum atomic E-state index is 11.6. The Morgan fingerprint density at radius 3 is 2.88 bits per heavy atom. The van der Waals surface area contributed by atoms with Gasteiger partial charge in [0.05, 0.1) is 18.7 Å². The predicted molar refractivity (Wildman–Crippen MR) is 62.8 cm³/mol. The highest BCUT2D eigenvalue weighted by Crippen LogP contribution is 2.22. The lowest BCUT2D eigenvalue weighted by Crippen LogP contribution is -2.05. The Balaban J connectivity index is 2.80. The summed E-state index contributed by atoms with van der Waals surface area (Å²) in [5.74, 6) is -0.576. The van der Waals surface area contributed by atoms with Crippen molar-refractivity contribution in [2.45, 2.75) is 0 Å². The van der Waals surface area contributed by atoms with Crippen molar-refractivity contribution in [2.75, 3.05) is 7.11 Å². The molecule has 0 amide bonds. The quantitative estimate of drug-likeness (QED) is 0.573. The zero-order chi connectivity index (χ0) is 12.4. The lowest BCUT2D eigenvalue weighted by molar-refractivity contribution is 0.0596. The number of methoxy groups -OCH3 is 1. The summed E-state index contributed by atoms with van der Waals surface area (Å²) in [6.07, 6.45) is 0. The van der Waals surface area contributed by atoms with E-state index in [-0.39, 0.29) is 10.8 Å². The van der Waals surface area contributed by atoms with Crippen LogP contribution in [0, 0.1) is 11.3 Å². The van der Waals surface area contributed by atoms with E-state index in [0.29, 0.717) is 10.9 Å². The first kappa shape index (κ1) is 11.4. The highest BCUT2D eigenvalue weighted by molar-refractivity contribution is 6.30. The Hall–Kier alpha value is -2.12. The van der Waals surface area contributed by atoms with Crippen molar-refractivity contribution in [3.05, 3.63) is 40.7 Å². The first-order valence-electron chi connectivity index (χ1n) is 4.74. The normalized spacial score (nSPS) is 9.94. The van der Waals surface area contributed by atoms with Gasteiger partial charge >= 0.3 is 5.97 Å². The molecule has 84 valence electrons. The van der Waals surface area contributed by atoms with E-state index in [1.54, 1.807) is 24.3 Å². The molecular weight excluding hydrogens is 240 g/mol. The Kier molecular flexibility index (Phi) is 2.94. The van der Waals surface area contributed by atoms with Crippen molar-refractivity contribution in [1.29, 1.82) is 5.26 Å². The summed E-state index contributed by atoms with van der Waals surface area (Å²) in [5.41, 5.74) is 0.568. The van der Waals surface area contributed by atoms with Crippen LogP contribution in [-0.2, 0) is 4.74 Å². The van der Waals surface area contributed by atoms with E-state index >= 15 is 0 Å². The average molecular weight is 247 g/mol. The first-order chi connectivity index (χ1) is 8.15. The summed E-state index contributed by atoms with van der Waals surface area (Å²) < 4.78 is 4.63. The average Bonchev–Trinajstić information content (AvgIpc) is 2.36. The van der Waals surface area contributed by atoms with Crippen LogP contribution in [0.3, 0.4) is 0 Å². The first-order valence-corrected chi connectivity index (χ1v) is 5.12. The Labute approximate surface area is 102 Å². The summed E-state index contributed by atoms with van der Waals surface area (Å²) in [7, 11) is 1.27. The molecule has 0 bridgehead atoms. The largest absolute Gasteiger partial charge is 0.464 e. The maximum absolute atomic E-state index is 11.6. The zero-order valence-corrected chi connectivity index (χ0v) is 9.65. The molecule has 0 atom stereocenters. The highest BCUT2D eigenvalue weighted by atomic mass is 35.5. The van der Waals surface area contributed by atoms with Gasteiger partial charge in [0.1, 0.15) is 5.15 Å². The molecule has 0 spiro atoms. The monoisotopic (exact) mass is 246 g/mol. The Morgan fingerprint density at radius 1 is 1.47 bits per heavy atom. The SMILES string of the molecule is COC(=O)c1nc(Cl)cc2ccc(C#N)cc12. The number of halogens is 1. The topological polar surface area (TPSA) is 63.0 Å². The van der Waals surface area contributed by atoms with Crippen LogP contribution in [0.5, 0.6) is 0 Å². The second-order valence-electron chi connectivity index (χ2n) is 3.33. The van der Waals surface area contributed by atoms with E-state index in [1.807, 2.05) is 6.07 Å². The van der Waals surface area contributed by atoms with Gasteiger partial charge in [-0.3, -0.25) is 0 Å². The summed E-state index contributed by atoms with van der Waals surface area (Å²) in [4.78, 5) is 15.5. The molecule has 0 aliphatic heterocycles. The maximum Gasteiger partial charge on any atom is 0.357 e. The summed E-state index contributed by atoms with van der Waals surface area (Å²) in [5, 5.41) is 10.3. The van der Waals surface area contributed by atoms with Crippen molar-refractivity contribution in [3.63, 3.8) is 0 Å². The van der Waals surface area contributed by atoms with Gasteiger partial charge in [0.2, 0.25) is 0 Å². The minimum absolute atomic E-state index is 0.118. The number of carbonyl (C=O) groups excluding carboxylic acids is 1. The van der Waals surface area contributed by atoms with Crippen LogP contribution in [0.25, 0.3) is 10.8 Å². The molecule has 1 heterocycles. The molecule has 1 aromatic carbocycles. The standard InChI is InChI=1S/C12H7ClN2O2/c1-17-12(16)11-9-4-7(6-14)2-3-8(9)5-10(13)15-11/h2-5H,1H3. The fraction of sp³-hybridized carbons (Fsp3) is 0.0833. The molecule has 5 heteroatoms. The second kappa shape index (κ2) is 4.40. The van der Waals surface area contributed by atoms with Crippen molar-refractivity contribution in [1.82, 2.24) is 4.98 Å². The van der Waals surface area contributed by atoms with Gasteiger partial charge in [0, 0.05) is 5.39 Å². The lowest BCUT2D eigenvalue weighted by Gasteiger charge is -2.05. The van der Waals surface area contributed by atoms with Crippen LogP contribution in [-0.4, -0.2) is 18.1 Å². The van der Waals surface area contributed by atoms with Gasteiger partial charge in [0.25, 0.3) is 0 Å². The minimum atomic E-state index is -0.576. The van der Waals surface area contributed by atoms with Gasteiger partial charge in [-0.2, -0.15) is 5.26 Å². The van der Waals surface area contributed by atoms with Gasteiger partial charge in [0.15, 0.2) is 5.69 Å². The molecule has 4 nitrogen and oxygen atoms in total. The molecule has 0 saturated heterocycles. The van der Waals surface area contributed by atoms with Crippen LogP contribution < -0.4 is 0 Å². The summed E-state index contributed by atoms with van der Waals surface area (Å²) in [6.45, 7) is 0. The van der Waals surface area contributed by atoms with Crippen LogP contribution in [0.15, 0.2) is 24.3 Å². The van der Waals surface area contributed by atoms with E-state index in [2.05, 4.69) is 9.72 Å². The van der Waals surface area contributed by atoms with Gasteiger partial charge < -0.3 is 4.74 Å². The molecule has 0 saturated carbocycles. The molecule has 2 rings (SSSR count). The Morgan fingerprint density at radius 2 is 2.24 bits per heavy atom. The van der Waals surface area contributed by atoms with E-state index in [0.717, 1.165) is 5.39 Å². The fourth-order valence-corrected chi connectivity index (χ4v) is 1.74. The van der Waals surface area contributed by atoms with Crippen LogP contribution in [0.4, 0.5) is 0 Å². The molecule has 0 aliphatic rings. The molecule has 1 aromatic heterocycles. The van der Waals surface area contributed by atoms with E-state index in [4.69, 9.17) is 16.9 Å². The molecule has 0 aliphatic carbocycles. The van der Waals surface area contributed by atoms with Gasteiger partial charge in [-0.25, -0.2) is 9.78 Å². The van der Waals surface area contributed by atoms with Crippen LogP contribution in [0.1, 0.15) is 16.1 Å². The minimum Gasteiger partial charge on any atom is -0.464 e. The predicted octanol–water partition coefficient (Wildman–Crippen LogP) is 2.55. The molecule has 0 fully saturated rings. The number of pyridine rings is 1. The van der Waals surface area contributed by atoms with Crippen molar-refractivity contribution < 1.29 is 9.53 Å². The van der Waals surface area contributed by atoms with Crippen LogP contribution in [0.2, 0.25) is 5.15 Å². The van der Waals surface area contributed by atoms with Crippen molar-refractivity contribution in [3.8, 4) is 6.07 Å². The van der Waals surface area contributed by atoms with E-state index in [1.165, 1.54) is 7.11 Å². The van der Waals surface area contributed by atoms with E-state index < -0.39 is 5.97 Å². The highest BCUT2D eigenvalue weighted by Gasteiger charge is 2.14. The van der Waals surface area contributed by atoms with Crippen molar-refractivity contribution >= 4 is 28.3 Å². The summed E-state index contributed by atoms with van der Waals surface area (Å²) in [6, 6.07) is 8.59.